The van der Waals surface area contributed by atoms with Crippen molar-refractivity contribution >= 4 is 26.7 Å². The Kier molecular flexibility index (Phi) is 4.76. The molecule has 0 spiro atoms. The number of alkyl halides is 3. The highest BCUT2D eigenvalue weighted by molar-refractivity contribution is 7.92. The lowest BCUT2D eigenvalue weighted by atomic mass is 10.1. The SMILES string of the molecule is O=S(=O)(Nc1cc(CN2CC3CC2CN3)c2occc2c1)c1ccccc1C(F)(F)F. The van der Waals surface area contributed by atoms with Crippen LogP contribution in [0.2, 0.25) is 0 Å². The van der Waals surface area contributed by atoms with Crippen LogP contribution in [-0.4, -0.2) is 38.5 Å². The van der Waals surface area contributed by atoms with Gasteiger partial charge in [-0.3, -0.25) is 9.62 Å². The Morgan fingerprint density at radius 1 is 1.19 bits per heavy atom. The third kappa shape index (κ3) is 3.79. The Balaban J connectivity index is 1.49. The molecule has 6 nitrogen and oxygen atoms in total. The standard InChI is InChI=1S/C21H20F3N3O3S/c22-21(23,24)18-3-1-2-4-19(18)31(28,29)26-15-7-13-5-6-30-20(13)14(8-15)11-27-12-16-9-17(27)10-25-16/h1-8,16-17,25-26H,9-12H2. The van der Waals surface area contributed by atoms with Crippen LogP contribution in [0, 0.1) is 0 Å². The predicted octanol–water partition coefficient (Wildman–Crippen LogP) is 3.80. The number of piperazine rings is 1. The molecular weight excluding hydrogens is 431 g/mol. The normalized spacial score (nSPS) is 21.8. The zero-order valence-electron chi connectivity index (χ0n) is 16.3. The largest absolute Gasteiger partial charge is 0.464 e. The van der Waals surface area contributed by atoms with Crippen molar-refractivity contribution in [3.05, 3.63) is 59.9 Å². The minimum absolute atomic E-state index is 0.198. The van der Waals surface area contributed by atoms with Crippen LogP contribution in [0.15, 0.2) is 58.0 Å². The monoisotopic (exact) mass is 451 g/mol. The van der Waals surface area contributed by atoms with Crippen molar-refractivity contribution < 1.29 is 26.0 Å². The summed E-state index contributed by atoms with van der Waals surface area (Å²) in [6, 6.07) is 9.92. The Morgan fingerprint density at radius 3 is 2.71 bits per heavy atom. The summed E-state index contributed by atoms with van der Waals surface area (Å²) in [6.45, 7) is 2.37. The molecule has 2 bridgehead atoms. The smallest absolute Gasteiger partial charge is 0.417 e. The van der Waals surface area contributed by atoms with Gasteiger partial charge in [0, 0.05) is 42.7 Å². The number of furan rings is 1. The fraction of sp³-hybridized carbons (Fsp3) is 0.333. The molecule has 2 aromatic carbocycles. The molecule has 3 aromatic rings. The number of hydrogen-bond acceptors (Lipinski definition) is 5. The van der Waals surface area contributed by atoms with Gasteiger partial charge in [0.25, 0.3) is 10.0 Å². The highest BCUT2D eigenvalue weighted by atomic mass is 32.2. The zero-order valence-corrected chi connectivity index (χ0v) is 17.1. The van der Waals surface area contributed by atoms with Crippen molar-refractivity contribution in [2.24, 2.45) is 0 Å². The Bertz CT molecular complexity index is 1240. The lowest BCUT2D eigenvalue weighted by molar-refractivity contribution is -0.139. The minimum Gasteiger partial charge on any atom is -0.464 e. The molecule has 2 saturated heterocycles. The zero-order chi connectivity index (χ0) is 21.8. The van der Waals surface area contributed by atoms with Crippen molar-refractivity contribution in [2.75, 3.05) is 17.8 Å². The first-order chi connectivity index (χ1) is 14.7. The van der Waals surface area contributed by atoms with E-state index in [1.807, 2.05) is 0 Å². The fourth-order valence-corrected chi connectivity index (χ4v) is 5.81. The fourth-order valence-electron chi connectivity index (χ4n) is 4.54. The number of likely N-dealkylation sites (tertiary alicyclic amines) is 1. The van der Waals surface area contributed by atoms with Crippen LogP contribution in [0.25, 0.3) is 11.0 Å². The summed E-state index contributed by atoms with van der Waals surface area (Å²) in [5.74, 6) is 0. The van der Waals surface area contributed by atoms with Gasteiger partial charge in [-0.05, 0) is 36.8 Å². The van der Waals surface area contributed by atoms with Crippen molar-refractivity contribution in [2.45, 2.75) is 36.1 Å². The molecule has 31 heavy (non-hydrogen) atoms. The summed E-state index contributed by atoms with van der Waals surface area (Å²) in [7, 11) is -4.46. The van der Waals surface area contributed by atoms with E-state index in [0.717, 1.165) is 43.3 Å². The lowest BCUT2D eigenvalue weighted by Gasteiger charge is -2.27. The molecule has 2 fully saturated rings. The van der Waals surface area contributed by atoms with Crippen LogP contribution >= 0.6 is 0 Å². The molecule has 2 atom stereocenters. The highest BCUT2D eigenvalue weighted by Gasteiger charge is 2.38. The van der Waals surface area contributed by atoms with E-state index < -0.39 is 26.7 Å². The molecule has 1 aromatic heterocycles. The number of nitrogens with one attached hydrogen (secondary N) is 2. The second-order valence-corrected chi connectivity index (χ2v) is 9.65. The quantitative estimate of drug-likeness (QED) is 0.617. The number of sulfonamides is 1. The average molecular weight is 451 g/mol. The van der Waals surface area contributed by atoms with Gasteiger partial charge in [-0.1, -0.05) is 12.1 Å². The third-order valence-corrected chi connectivity index (χ3v) is 7.35. The van der Waals surface area contributed by atoms with E-state index in [-0.39, 0.29) is 5.69 Å². The van der Waals surface area contributed by atoms with Crippen molar-refractivity contribution in [3.8, 4) is 0 Å². The van der Waals surface area contributed by atoms with Crippen LogP contribution in [0.1, 0.15) is 17.5 Å². The van der Waals surface area contributed by atoms with Crippen LogP contribution < -0.4 is 10.0 Å². The third-order valence-electron chi connectivity index (χ3n) is 5.91. The number of nitrogens with zero attached hydrogens (tertiary/aromatic N) is 1. The first-order valence-electron chi connectivity index (χ1n) is 9.87. The average Bonchev–Trinajstić information content (AvgIpc) is 3.44. The number of halogens is 3. The Labute approximate surface area is 177 Å². The molecule has 3 heterocycles. The van der Waals surface area contributed by atoms with Gasteiger partial charge in [0.2, 0.25) is 0 Å². The molecule has 0 aliphatic carbocycles. The van der Waals surface area contributed by atoms with Gasteiger partial charge in [0.05, 0.1) is 22.4 Å². The molecule has 0 saturated carbocycles. The maximum absolute atomic E-state index is 13.3. The molecule has 2 aliphatic heterocycles. The van der Waals surface area contributed by atoms with Crippen LogP contribution in [0.4, 0.5) is 18.9 Å². The van der Waals surface area contributed by atoms with Gasteiger partial charge in [0.1, 0.15) is 5.58 Å². The topological polar surface area (TPSA) is 74.6 Å². The molecule has 5 rings (SSSR count). The molecular formula is C21H20F3N3O3S. The molecule has 164 valence electrons. The summed E-state index contributed by atoms with van der Waals surface area (Å²) < 4.78 is 73.6. The van der Waals surface area contributed by atoms with E-state index >= 15 is 0 Å². The van der Waals surface area contributed by atoms with Gasteiger partial charge >= 0.3 is 6.18 Å². The minimum atomic E-state index is -4.78. The van der Waals surface area contributed by atoms with Crippen molar-refractivity contribution in [1.82, 2.24) is 10.2 Å². The highest BCUT2D eigenvalue weighted by Crippen LogP contribution is 2.35. The van der Waals surface area contributed by atoms with Crippen molar-refractivity contribution in [1.29, 1.82) is 0 Å². The number of fused-ring (bicyclic) bond motifs is 3. The van der Waals surface area contributed by atoms with E-state index in [1.54, 1.807) is 18.2 Å². The summed E-state index contributed by atoms with van der Waals surface area (Å²) in [5.41, 5.74) is 0.433. The first kappa shape index (κ1) is 20.3. The van der Waals surface area contributed by atoms with Gasteiger partial charge in [-0.15, -0.1) is 0 Å². The maximum atomic E-state index is 13.3. The van der Waals surface area contributed by atoms with Crippen LogP contribution in [0.5, 0.6) is 0 Å². The molecule has 0 radical (unpaired) electrons. The van der Waals surface area contributed by atoms with E-state index in [0.29, 0.717) is 29.6 Å². The second-order valence-electron chi connectivity index (χ2n) is 8.00. The van der Waals surface area contributed by atoms with E-state index in [2.05, 4.69) is 14.9 Å². The summed E-state index contributed by atoms with van der Waals surface area (Å²) in [5, 5.41) is 4.12. The van der Waals surface area contributed by atoms with Gasteiger partial charge in [-0.25, -0.2) is 8.42 Å². The molecule has 2 N–H and O–H groups in total. The van der Waals surface area contributed by atoms with E-state index in [4.69, 9.17) is 4.42 Å². The number of hydrogen-bond donors (Lipinski definition) is 2. The lowest BCUT2D eigenvalue weighted by Crippen LogP contribution is -2.43. The first-order valence-corrected chi connectivity index (χ1v) is 11.4. The Hall–Kier alpha value is -2.56. The van der Waals surface area contributed by atoms with E-state index in [1.165, 1.54) is 12.3 Å². The summed E-state index contributed by atoms with van der Waals surface area (Å²) >= 11 is 0. The second kappa shape index (κ2) is 7.25. The van der Waals surface area contributed by atoms with Gasteiger partial charge in [-0.2, -0.15) is 13.2 Å². The van der Waals surface area contributed by atoms with Crippen molar-refractivity contribution in [3.63, 3.8) is 0 Å². The molecule has 0 amide bonds. The number of benzene rings is 2. The molecule has 10 heteroatoms. The molecule has 2 aliphatic rings. The molecule has 2 unspecified atom stereocenters. The van der Waals surface area contributed by atoms with Crippen LogP contribution in [-0.2, 0) is 22.7 Å². The number of anilines is 1. The maximum Gasteiger partial charge on any atom is 0.417 e. The van der Waals surface area contributed by atoms with E-state index in [9.17, 15) is 21.6 Å². The number of rotatable bonds is 5. The van der Waals surface area contributed by atoms with Crippen LogP contribution in [0.3, 0.4) is 0 Å². The van der Waals surface area contributed by atoms with Gasteiger partial charge in [0.15, 0.2) is 0 Å². The summed E-state index contributed by atoms with van der Waals surface area (Å²) in [4.78, 5) is 1.51. The summed E-state index contributed by atoms with van der Waals surface area (Å²) in [6.07, 6.45) is -2.20. The Morgan fingerprint density at radius 2 is 2.00 bits per heavy atom. The van der Waals surface area contributed by atoms with Gasteiger partial charge < -0.3 is 9.73 Å². The predicted molar refractivity (Wildman–Crippen MR) is 109 cm³/mol.